The Labute approximate surface area is 819 Å². The highest BCUT2D eigenvalue weighted by Crippen LogP contribution is 2.54. The van der Waals surface area contributed by atoms with Gasteiger partial charge >= 0.3 is 0 Å². The summed E-state index contributed by atoms with van der Waals surface area (Å²) in [4.78, 5) is 4.90. The fourth-order valence-electron chi connectivity index (χ4n) is 23.0. The lowest BCUT2D eigenvalue weighted by molar-refractivity contribution is 0.669. The molecule has 28 rings (SSSR count). The van der Waals surface area contributed by atoms with Crippen LogP contribution in [0.25, 0.3) is 242 Å². The normalized spacial score (nSPS) is 11.8. The molecule has 0 radical (unpaired) electrons. The minimum Gasteiger partial charge on any atom is -0.455 e. The minimum atomic E-state index is 0.787. The van der Waals surface area contributed by atoms with Gasteiger partial charge in [0.15, 0.2) is 0 Å². The van der Waals surface area contributed by atoms with Crippen molar-refractivity contribution in [2.45, 2.75) is 0 Å². The summed E-state index contributed by atoms with van der Waals surface area (Å²) in [6.45, 7) is 0. The van der Waals surface area contributed by atoms with E-state index in [0.29, 0.717) is 0 Å². The number of rotatable bonds is 17. The number of furan rings is 2. The summed E-state index contributed by atoms with van der Waals surface area (Å²) in [5.74, 6) is 0. The molecule has 662 valence electrons. The van der Waals surface area contributed by atoms with Gasteiger partial charge in [-0.1, -0.05) is 406 Å². The molecular formula is C136H86N4O2. The Morgan fingerprint density at radius 2 is 0.521 bits per heavy atom. The largest absolute Gasteiger partial charge is 0.455 e. The van der Waals surface area contributed by atoms with Gasteiger partial charge in [0.25, 0.3) is 0 Å². The number of benzene rings is 24. The van der Waals surface area contributed by atoms with Gasteiger partial charge in [-0.05, 0) is 214 Å². The van der Waals surface area contributed by atoms with Crippen LogP contribution in [-0.4, -0.2) is 9.13 Å². The Hall–Kier alpha value is -18.9. The molecule has 0 atom stereocenters. The van der Waals surface area contributed by atoms with Gasteiger partial charge in [0, 0.05) is 105 Å². The highest BCUT2D eigenvalue weighted by atomic mass is 16.3. The summed E-state index contributed by atoms with van der Waals surface area (Å²) in [5, 5.41) is 18.8. The molecule has 0 unspecified atom stereocenters. The van der Waals surface area contributed by atoms with Crippen molar-refractivity contribution in [1.82, 2.24) is 9.13 Å². The van der Waals surface area contributed by atoms with Crippen molar-refractivity contribution in [3.05, 3.63) is 522 Å². The molecule has 0 spiro atoms. The fraction of sp³-hybridized carbons (Fsp3) is 0. The van der Waals surface area contributed by atoms with E-state index in [0.717, 1.165) is 201 Å². The molecule has 0 aliphatic heterocycles. The molecule has 0 amide bonds. The summed E-state index contributed by atoms with van der Waals surface area (Å²) in [5.41, 5.74) is 35.7. The van der Waals surface area contributed by atoms with Gasteiger partial charge in [-0.25, -0.2) is 0 Å². The van der Waals surface area contributed by atoms with Crippen molar-refractivity contribution in [2.75, 3.05) is 9.80 Å². The van der Waals surface area contributed by atoms with Crippen LogP contribution in [0, 0.1) is 0 Å². The predicted octanol–water partition coefficient (Wildman–Crippen LogP) is 38.2. The molecule has 24 aromatic carbocycles. The molecule has 0 aliphatic rings. The maximum atomic E-state index is 7.60. The first-order chi connectivity index (χ1) is 70.5. The number of nitrogens with zero attached hydrogens (tertiary/aromatic N) is 4. The number of para-hydroxylation sites is 12. The molecule has 0 N–H and O–H groups in total. The molecule has 0 bridgehead atoms. The molecular weight excluding hydrogens is 1720 g/mol. The summed E-state index contributed by atoms with van der Waals surface area (Å²) in [6.07, 6.45) is 0. The quantitative estimate of drug-likeness (QED) is 0.0852. The van der Waals surface area contributed by atoms with Crippen LogP contribution in [0.2, 0.25) is 0 Å². The topological polar surface area (TPSA) is 42.6 Å². The first-order valence-electron chi connectivity index (χ1n) is 48.7. The Morgan fingerprint density at radius 3 is 1.13 bits per heavy atom. The Morgan fingerprint density at radius 1 is 0.155 bits per heavy atom. The summed E-state index contributed by atoms with van der Waals surface area (Å²) in [7, 11) is 0. The summed E-state index contributed by atoms with van der Waals surface area (Å²) < 4.78 is 19.4. The lowest BCUT2D eigenvalue weighted by Crippen LogP contribution is -2.12. The van der Waals surface area contributed by atoms with Crippen LogP contribution in [0.5, 0.6) is 0 Å². The van der Waals surface area contributed by atoms with E-state index in [1.807, 2.05) is 0 Å². The molecule has 0 fully saturated rings. The third kappa shape index (κ3) is 13.3. The summed E-state index contributed by atoms with van der Waals surface area (Å²) >= 11 is 0. The smallest absolute Gasteiger partial charge is 0.143 e. The first kappa shape index (κ1) is 81.5. The van der Waals surface area contributed by atoms with Gasteiger partial charge in [-0.2, -0.15) is 0 Å². The second-order valence-corrected chi connectivity index (χ2v) is 37.1. The van der Waals surface area contributed by atoms with Gasteiger partial charge in [0.1, 0.15) is 22.3 Å². The molecule has 6 nitrogen and oxygen atoms in total. The Kier molecular flexibility index (Phi) is 19.2. The van der Waals surface area contributed by atoms with Crippen molar-refractivity contribution in [3.63, 3.8) is 0 Å². The van der Waals surface area contributed by atoms with Gasteiger partial charge in [0.2, 0.25) is 0 Å². The average Bonchev–Trinajstić information content (AvgIpc) is 1.63. The molecule has 0 aliphatic carbocycles. The van der Waals surface area contributed by atoms with Crippen LogP contribution in [0.4, 0.5) is 34.1 Å². The number of hydrogen-bond acceptors (Lipinski definition) is 4. The summed E-state index contributed by atoms with van der Waals surface area (Å²) in [6, 6.07) is 192. The van der Waals surface area contributed by atoms with Crippen LogP contribution in [0.1, 0.15) is 0 Å². The first-order valence-corrected chi connectivity index (χ1v) is 48.7. The molecule has 4 heterocycles. The third-order valence-electron chi connectivity index (χ3n) is 29.3. The van der Waals surface area contributed by atoms with Crippen molar-refractivity contribution in [1.29, 1.82) is 0 Å². The van der Waals surface area contributed by atoms with Gasteiger partial charge in [-0.3, -0.25) is 0 Å². The molecule has 0 saturated heterocycles. The minimum absolute atomic E-state index is 0.787. The van der Waals surface area contributed by atoms with Crippen molar-refractivity contribution in [2.24, 2.45) is 0 Å². The zero-order valence-corrected chi connectivity index (χ0v) is 77.3. The van der Waals surface area contributed by atoms with E-state index in [1.54, 1.807) is 0 Å². The van der Waals surface area contributed by atoms with Gasteiger partial charge in [-0.15, -0.1) is 0 Å². The Bertz CT molecular complexity index is 9870. The van der Waals surface area contributed by atoms with Crippen LogP contribution in [0.3, 0.4) is 0 Å². The monoisotopic (exact) mass is 1810 g/mol. The lowest BCUT2D eigenvalue weighted by atomic mass is 9.90. The van der Waals surface area contributed by atoms with E-state index in [2.05, 4.69) is 541 Å². The second-order valence-electron chi connectivity index (χ2n) is 37.1. The molecule has 4 aromatic heterocycles. The van der Waals surface area contributed by atoms with Gasteiger partial charge < -0.3 is 27.8 Å². The van der Waals surface area contributed by atoms with Crippen molar-refractivity contribution in [3.8, 4) is 112 Å². The van der Waals surface area contributed by atoms with Crippen molar-refractivity contribution < 1.29 is 8.83 Å². The predicted molar refractivity (Wildman–Crippen MR) is 598 cm³/mol. The highest BCUT2D eigenvalue weighted by molar-refractivity contribution is 6.19. The van der Waals surface area contributed by atoms with E-state index in [9.17, 15) is 0 Å². The molecule has 0 saturated carbocycles. The molecule has 6 heteroatoms. The van der Waals surface area contributed by atoms with E-state index in [-0.39, 0.29) is 0 Å². The Balaban J connectivity index is 0.580. The van der Waals surface area contributed by atoms with Crippen LogP contribution in [-0.2, 0) is 0 Å². The third-order valence-corrected chi connectivity index (χ3v) is 29.3. The second kappa shape index (κ2) is 33.5. The van der Waals surface area contributed by atoms with E-state index < -0.39 is 0 Å². The maximum absolute atomic E-state index is 7.60. The fourth-order valence-corrected chi connectivity index (χ4v) is 23.0. The maximum Gasteiger partial charge on any atom is 0.143 e. The van der Waals surface area contributed by atoms with Gasteiger partial charge in [0.05, 0.1) is 50.5 Å². The molecule has 142 heavy (non-hydrogen) atoms. The standard InChI is InChI=1S/C136H86N4O2/c1-3-37-98-87(33-1)69-70-93-83-91(75-81-102(93)98)90-35-29-36-97(84-90)137(95-77-71-88(72-78-95)99-38-5-7-42-105(99)108-45-11-23-63-127(108)139-128-64-24-12-46-109(128)110-47-13-25-65-129(110)139)124-60-20-16-50-113(124)119-56-32-59-122-117-82-76-94(86-133(117)142-136(119)122)103-54-30-55-118(134(103)140-130-66-26-14-48-111(130)112-49-15-27-67-131(112)140)106-43-8-6-39-100(106)89-73-79-96(80-74-89)138(125-61-21-17-51-114(125)120-57-31-58-121-116-53-19-28-68-132(116)141-135(120)121)126-62-22-18-52-115(126)123-85-92-34-2-4-40-101(92)104-41-9-10-44-107(104)123/h1-86H. The average molecular weight is 1810 g/mol. The number of anilines is 6. The van der Waals surface area contributed by atoms with Crippen LogP contribution in [0.15, 0.2) is 531 Å². The van der Waals surface area contributed by atoms with Crippen LogP contribution >= 0.6 is 0 Å². The zero-order valence-electron chi connectivity index (χ0n) is 77.3. The number of fused-ring (bicyclic) bond motifs is 18. The highest BCUT2D eigenvalue weighted by Gasteiger charge is 2.30. The lowest BCUT2D eigenvalue weighted by Gasteiger charge is -2.30. The SMILES string of the molecule is c1cc(-c2ccc3c(ccc4ccccc43)c2)cc(N(c2ccc(-c3ccccc3-c3ccccc3-n3c4ccccc4c4ccccc43)cc2)c2ccccc2-c2cccc3c2oc2cc(-c4cccc(-c5ccccc5-c5ccc(N(c6ccccc6-c6cc7ccccc7c7ccccc67)c6ccccc6-c6cccc7c6oc6ccccc67)cc5)c4-n4c5ccccc5c5ccccc54)ccc23)c1. The van der Waals surface area contributed by atoms with Crippen LogP contribution < -0.4 is 9.80 Å². The van der Waals surface area contributed by atoms with E-state index in [1.165, 1.54) is 75.7 Å². The number of hydrogen-bond donors (Lipinski definition) is 0. The van der Waals surface area contributed by atoms with E-state index in [4.69, 9.17) is 8.83 Å². The number of aromatic nitrogens is 2. The zero-order chi connectivity index (χ0) is 93.4. The van der Waals surface area contributed by atoms with Crippen molar-refractivity contribution >= 4 is 165 Å². The molecule has 28 aromatic rings. The van der Waals surface area contributed by atoms with E-state index >= 15 is 0 Å².